The Hall–Kier alpha value is -3.29. The Balaban J connectivity index is 1.73. The number of nitro groups is 1. The Morgan fingerprint density at radius 1 is 1.19 bits per heavy atom. The molecule has 0 saturated carbocycles. The van der Waals surface area contributed by atoms with Crippen LogP contribution in [-0.4, -0.2) is 33.0 Å². The van der Waals surface area contributed by atoms with E-state index >= 15 is 0 Å². The van der Waals surface area contributed by atoms with Crippen molar-refractivity contribution in [2.45, 2.75) is 18.8 Å². The van der Waals surface area contributed by atoms with E-state index in [4.69, 9.17) is 5.73 Å². The number of rotatable bonds is 3. The number of aromatic nitrogens is 3. The van der Waals surface area contributed by atoms with Crippen LogP contribution in [0.1, 0.15) is 24.5 Å². The molecule has 1 fully saturated rings. The second-order valence-electron chi connectivity index (χ2n) is 6.39. The minimum atomic E-state index is -0.314. The summed E-state index contributed by atoms with van der Waals surface area (Å²) in [6, 6.07) is 8.97. The van der Waals surface area contributed by atoms with Gasteiger partial charge >= 0.3 is 5.69 Å². The Morgan fingerprint density at radius 2 is 2.08 bits per heavy atom. The molecule has 26 heavy (non-hydrogen) atoms. The fourth-order valence-electron chi connectivity index (χ4n) is 3.63. The van der Waals surface area contributed by atoms with Crippen LogP contribution >= 0.6 is 0 Å². The van der Waals surface area contributed by atoms with E-state index in [0.717, 1.165) is 25.1 Å². The molecule has 0 amide bonds. The zero-order valence-corrected chi connectivity index (χ0v) is 14.1. The van der Waals surface area contributed by atoms with Crippen molar-refractivity contribution in [2.24, 2.45) is 0 Å². The van der Waals surface area contributed by atoms with Gasteiger partial charge in [-0.15, -0.1) is 0 Å². The Morgan fingerprint density at radius 3 is 2.88 bits per heavy atom. The minimum Gasteiger partial charge on any atom is -0.368 e. The van der Waals surface area contributed by atoms with Crippen molar-refractivity contribution in [2.75, 3.05) is 23.7 Å². The highest BCUT2D eigenvalue weighted by atomic mass is 16.6. The average Bonchev–Trinajstić information content (AvgIpc) is 2.67. The van der Waals surface area contributed by atoms with Gasteiger partial charge in [0, 0.05) is 31.4 Å². The first-order valence-corrected chi connectivity index (χ1v) is 8.49. The molecule has 0 radical (unpaired) electrons. The van der Waals surface area contributed by atoms with Crippen molar-refractivity contribution >= 4 is 28.2 Å². The summed E-state index contributed by atoms with van der Waals surface area (Å²) in [6.45, 7) is 1.42. The highest BCUT2D eigenvalue weighted by Crippen LogP contribution is 2.38. The Kier molecular flexibility index (Phi) is 4.08. The lowest BCUT2D eigenvalue weighted by atomic mass is 9.94. The van der Waals surface area contributed by atoms with E-state index in [2.05, 4.69) is 19.9 Å². The zero-order chi connectivity index (χ0) is 18.1. The second kappa shape index (κ2) is 6.55. The van der Waals surface area contributed by atoms with Crippen molar-refractivity contribution in [1.29, 1.82) is 0 Å². The second-order valence-corrected chi connectivity index (χ2v) is 6.39. The maximum atomic E-state index is 11.8. The molecule has 1 saturated heterocycles. The van der Waals surface area contributed by atoms with Gasteiger partial charge in [-0.25, -0.2) is 9.97 Å². The third-order valence-electron chi connectivity index (χ3n) is 4.79. The van der Waals surface area contributed by atoms with Crippen LogP contribution in [0.3, 0.4) is 0 Å². The highest BCUT2D eigenvalue weighted by molar-refractivity contribution is 5.94. The van der Waals surface area contributed by atoms with Crippen LogP contribution in [0.15, 0.2) is 42.7 Å². The van der Waals surface area contributed by atoms with E-state index in [9.17, 15) is 10.1 Å². The number of nitrogen functional groups attached to an aromatic ring is 1. The van der Waals surface area contributed by atoms with Crippen LogP contribution < -0.4 is 10.6 Å². The minimum absolute atomic E-state index is 0.110. The van der Waals surface area contributed by atoms with Crippen LogP contribution in [0.2, 0.25) is 0 Å². The fraction of sp³-hybridized carbons (Fsp3) is 0.278. The van der Waals surface area contributed by atoms with E-state index in [1.807, 2.05) is 12.1 Å². The van der Waals surface area contributed by atoms with Crippen LogP contribution in [0.25, 0.3) is 10.9 Å². The Bertz CT molecular complexity index is 977. The van der Waals surface area contributed by atoms with Crippen LogP contribution in [-0.2, 0) is 0 Å². The molecule has 4 rings (SSSR count). The molecule has 1 atom stereocenters. The van der Waals surface area contributed by atoms with Gasteiger partial charge in [-0.1, -0.05) is 0 Å². The third-order valence-corrected chi connectivity index (χ3v) is 4.79. The maximum absolute atomic E-state index is 11.8. The summed E-state index contributed by atoms with van der Waals surface area (Å²) in [5.41, 5.74) is 7.95. The van der Waals surface area contributed by atoms with E-state index in [1.54, 1.807) is 30.6 Å². The van der Waals surface area contributed by atoms with E-state index in [1.165, 1.54) is 0 Å². The number of nitro benzene ring substituents is 1. The summed E-state index contributed by atoms with van der Waals surface area (Å²) >= 11 is 0. The first-order chi connectivity index (χ1) is 12.6. The summed E-state index contributed by atoms with van der Waals surface area (Å²) in [4.78, 5) is 26.0. The SMILES string of the molecule is Nc1nccc([C@@H]2CCCN(c3ccc4ncccc4c3[N+](=O)[O-])C2)n1. The van der Waals surface area contributed by atoms with Gasteiger partial charge < -0.3 is 10.6 Å². The summed E-state index contributed by atoms with van der Waals surface area (Å²) in [6.07, 6.45) is 5.19. The number of anilines is 2. The van der Waals surface area contributed by atoms with Crippen LogP contribution in [0, 0.1) is 10.1 Å². The summed E-state index contributed by atoms with van der Waals surface area (Å²) in [5, 5.41) is 12.3. The zero-order valence-electron chi connectivity index (χ0n) is 14.1. The largest absolute Gasteiger partial charge is 0.368 e. The molecule has 2 aromatic heterocycles. The van der Waals surface area contributed by atoms with Crippen molar-refractivity contribution in [3.63, 3.8) is 0 Å². The molecule has 0 bridgehead atoms. The molecule has 1 aromatic carbocycles. The Labute approximate surface area is 149 Å². The first-order valence-electron chi connectivity index (χ1n) is 8.49. The lowest BCUT2D eigenvalue weighted by Crippen LogP contribution is -2.35. The van der Waals surface area contributed by atoms with E-state index in [0.29, 0.717) is 23.1 Å². The molecule has 0 aliphatic carbocycles. The average molecular weight is 350 g/mol. The normalized spacial score (nSPS) is 17.4. The fourth-order valence-corrected chi connectivity index (χ4v) is 3.63. The van der Waals surface area contributed by atoms with Gasteiger partial charge in [0.1, 0.15) is 5.69 Å². The summed E-state index contributed by atoms with van der Waals surface area (Å²) in [7, 11) is 0. The van der Waals surface area contributed by atoms with Gasteiger partial charge in [-0.3, -0.25) is 15.1 Å². The summed E-state index contributed by atoms with van der Waals surface area (Å²) in [5.74, 6) is 0.417. The van der Waals surface area contributed by atoms with Crippen molar-refractivity contribution in [3.05, 3.63) is 58.5 Å². The quantitative estimate of drug-likeness (QED) is 0.571. The molecule has 8 heteroatoms. The topological polar surface area (TPSA) is 111 Å². The number of nitrogens with zero attached hydrogens (tertiary/aromatic N) is 5. The lowest BCUT2D eigenvalue weighted by Gasteiger charge is -2.34. The maximum Gasteiger partial charge on any atom is 0.301 e. The summed E-state index contributed by atoms with van der Waals surface area (Å²) < 4.78 is 0. The van der Waals surface area contributed by atoms with Crippen molar-refractivity contribution in [3.8, 4) is 0 Å². The molecule has 0 spiro atoms. The van der Waals surface area contributed by atoms with Gasteiger partial charge in [0.05, 0.1) is 21.5 Å². The number of pyridine rings is 1. The number of fused-ring (bicyclic) bond motifs is 1. The van der Waals surface area contributed by atoms with Gasteiger partial charge in [-0.05, 0) is 43.2 Å². The van der Waals surface area contributed by atoms with E-state index in [-0.39, 0.29) is 22.5 Å². The van der Waals surface area contributed by atoms with Gasteiger partial charge in [0.25, 0.3) is 0 Å². The van der Waals surface area contributed by atoms with Crippen LogP contribution in [0.4, 0.5) is 17.3 Å². The third kappa shape index (κ3) is 2.90. The molecule has 1 aliphatic rings. The number of nitrogens with two attached hydrogens (primary N) is 1. The van der Waals surface area contributed by atoms with Gasteiger partial charge in [0.2, 0.25) is 5.95 Å². The highest BCUT2D eigenvalue weighted by Gasteiger charge is 2.28. The molecule has 0 unspecified atom stereocenters. The van der Waals surface area contributed by atoms with Gasteiger partial charge in [-0.2, -0.15) is 0 Å². The number of hydrogen-bond donors (Lipinski definition) is 1. The molecule has 8 nitrogen and oxygen atoms in total. The lowest BCUT2D eigenvalue weighted by molar-refractivity contribution is -0.382. The molecule has 3 heterocycles. The number of hydrogen-bond acceptors (Lipinski definition) is 7. The van der Waals surface area contributed by atoms with Crippen molar-refractivity contribution < 1.29 is 4.92 Å². The number of piperidine rings is 1. The molecule has 132 valence electrons. The van der Waals surface area contributed by atoms with Crippen molar-refractivity contribution in [1.82, 2.24) is 15.0 Å². The monoisotopic (exact) mass is 350 g/mol. The molecule has 1 aliphatic heterocycles. The molecule has 2 N–H and O–H groups in total. The van der Waals surface area contributed by atoms with Gasteiger partial charge in [0.15, 0.2) is 0 Å². The van der Waals surface area contributed by atoms with E-state index < -0.39 is 0 Å². The molecule has 3 aromatic rings. The predicted molar refractivity (Wildman–Crippen MR) is 99.0 cm³/mol. The van der Waals surface area contributed by atoms with Crippen LogP contribution in [0.5, 0.6) is 0 Å². The first kappa shape index (κ1) is 16.2. The standard InChI is InChI=1S/C18H18N6O2/c19-18-21-9-7-14(22-18)12-3-2-10-23(11-12)16-6-5-15-13(4-1-8-20-15)17(16)24(25)26/h1,4-9,12H,2-3,10-11H2,(H2,19,21,22)/t12-/m1/s1. The predicted octanol–water partition coefficient (Wildman–Crippen LogP) is 2.90. The molecular weight excluding hydrogens is 332 g/mol. The molecular formula is C18H18N6O2. The number of benzene rings is 1. The smallest absolute Gasteiger partial charge is 0.301 e.